The first-order valence-electron chi connectivity index (χ1n) is 3.44. The molecular weight excluding hydrogens is 146 g/mol. The van der Waals surface area contributed by atoms with Crippen LogP contribution in [-0.2, 0) is 9.53 Å². The fourth-order valence-corrected chi connectivity index (χ4v) is 1.04. The Morgan fingerprint density at radius 2 is 2.45 bits per heavy atom. The molecule has 0 saturated heterocycles. The summed E-state index contributed by atoms with van der Waals surface area (Å²) in [5.74, 6) is -0.348. The molecule has 0 bridgehead atoms. The highest BCUT2D eigenvalue weighted by Gasteiger charge is 2.37. The van der Waals surface area contributed by atoms with Crippen molar-refractivity contribution in [3.63, 3.8) is 0 Å². The molecule has 0 aromatic heterocycles. The molecule has 0 fully saturated rings. The Morgan fingerprint density at radius 3 is 2.73 bits per heavy atom. The van der Waals surface area contributed by atoms with Gasteiger partial charge >= 0.3 is 5.97 Å². The molecule has 1 N–H and O–H groups in total. The molecule has 0 amide bonds. The molecule has 0 radical (unpaired) electrons. The molecule has 0 aromatic carbocycles. The fourth-order valence-electron chi connectivity index (χ4n) is 1.04. The van der Waals surface area contributed by atoms with E-state index in [1.54, 1.807) is 6.92 Å². The van der Waals surface area contributed by atoms with Crippen molar-refractivity contribution in [1.82, 2.24) is 0 Å². The van der Waals surface area contributed by atoms with E-state index in [0.29, 0.717) is 18.7 Å². The average molecular weight is 157 g/mol. The number of hydrogen-bond acceptors (Lipinski definition) is 3. The summed E-state index contributed by atoms with van der Waals surface area (Å²) < 4.78 is 4.84. The highest BCUT2D eigenvalue weighted by Crippen LogP contribution is 2.25. The number of aliphatic imine (C=N–C) groups is 1. The van der Waals surface area contributed by atoms with Gasteiger partial charge in [0, 0.05) is 6.42 Å². The zero-order valence-electron chi connectivity index (χ0n) is 6.63. The lowest BCUT2D eigenvalue weighted by atomic mass is 10.0. The van der Waals surface area contributed by atoms with E-state index >= 15 is 0 Å². The van der Waals surface area contributed by atoms with Crippen LogP contribution in [0, 0.1) is 0 Å². The van der Waals surface area contributed by atoms with Crippen molar-refractivity contribution in [3.05, 3.63) is 0 Å². The molecule has 0 aromatic rings. The van der Waals surface area contributed by atoms with Crippen molar-refractivity contribution < 1.29 is 14.6 Å². The maximum Gasteiger partial charge on any atom is 0.331 e. The topological polar surface area (TPSA) is 58.9 Å². The van der Waals surface area contributed by atoms with Gasteiger partial charge in [0.05, 0.1) is 7.11 Å². The Hall–Kier alpha value is -1.06. The number of carboxylic acids is 1. The Labute approximate surface area is 64.9 Å². The van der Waals surface area contributed by atoms with Crippen LogP contribution < -0.4 is 0 Å². The molecule has 4 heteroatoms. The van der Waals surface area contributed by atoms with Crippen molar-refractivity contribution in [2.75, 3.05) is 7.11 Å². The molecule has 4 nitrogen and oxygen atoms in total. The number of carbonyl (C=O) groups is 1. The molecule has 62 valence electrons. The third kappa shape index (κ3) is 1.34. The van der Waals surface area contributed by atoms with Gasteiger partial charge in [-0.2, -0.15) is 0 Å². The molecule has 0 saturated carbocycles. The van der Waals surface area contributed by atoms with Crippen LogP contribution in [0.3, 0.4) is 0 Å². The van der Waals surface area contributed by atoms with Gasteiger partial charge in [-0.3, -0.25) is 0 Å². The highest BCUT2D eigenvalue weighted by atomic mass is 16.5. The Morgan fingerprint density at radius 1 is 1.82 bits per heavy atom. The SMILES string of the molecule is COC1=N[C@](C)(C(=O)O)CC1. The van der Waals surface area contributed by atoms with Gasteiger partial charge in [-0.15, -0.1) is 0 Å². The van der Waals surface area contributed by atoms with Gasteiger partial charge in [0.15, 0.2) is 11.4 Å². The summed E-state index contributed by atoms with van der Waals surface area (Å²) >= 11 is 0. The smallest absolute Gasteiger partial charge is 0.331 e. The molecule has 11 heavy (non-hydrogen) atoms. The summed E-state index contributed by atoms with van der Waals surface area (Å²) in [5.41, 5.74) is -0.953. The van der Waals surface area contributed by atoms with Crippen LogP contribution >= 0.6 is 0 Å². The van der Waals surface area contributed by atoms with Gasteiger partial charge in [0.2, 0.25) is 0 Å². The first kappa shape index (κ1) is 8.04. The molecule has 1 aliphatic heterocycles. The summed E-state index contributed by atoms with van der Waals surface area (Å²) in [6.07, 6.45) is 1.16. The number of aliphatic carboxylic acids is 1. The van der Waals surface area contributed by atoms with Crippen molar-refractivity contribution in [3.8, 4) is 0 Å². The second kappa shape index (κ2) is 2.53. The molecule has 0 aliphatic carbocycles. The predicted octanol–water partition coefficient (Wildman–Crippen LogP) is 0.668. The van der Waals surface area contributed by atoms with E-state index in [1.165, 1.54) is 7.11 Å². The Kier molecular flexibility index (Phi) is 1.85. The minimum atomic E-state index is -0.953. The van der Waals surface area contributed by atoms with Crippen molar-refractivity contribution in [2.24, 2.45) is 4.99 Å². The van der Waals surface area contributed by atoms with E-state index in [9.17, 15) is 4.79 Å². The van der Waals surface area contributed by atoms with E-state index in [1.807, 2.05) is 0 Å². The number of rotatable bonds is 1. The van der Waals surface area contributed by atoms with Crippen LogP contribution in [0.1, 0.15) is 19.8 Å². The van der Waals surface area contributed by atoms with Crippen LogP contribution in [0.25, 0.3) is 0 Å². The van der Waals surface area contributed by atoms with Gasteiger partial charge in [-0.05, 0) is 13.3 Å². The standard InChI is InChI=1S/C7H11NO3/c1-7(6(9)10)4-3-5(8-7)11-2/h3-4H2,1-2H3,(H,9,10)/t7-/m0/s1. The van der Waals surface area contributed by atoms with Crippen LogP contribution in [-0.4, -0.2) is 29.6 Å². The van der Waals surface area contributed by atoms with Crippen LogP contribution in [0.4, 0.5) is 0 Å². The maximum atomic E-state index is 10.6. The van der Waals surface area contributed by atoms with Crippen LogP contribution in [0.5, 0.6) is 0 Å². The van der Waals surface area contributed by atoms with E-state index in [-0.39, 0.29) is 0 Å². The zero-order valence-corrected chi connectivity index (χ0v) is 6.63. The zero-order chi connectivity index (χ0) is 8.48. The van der Waals surface area contributed by atoms with E-state index in [0.717, 1.165) is 0 Å². The Balaban J connectivity index is 2.78. The molecule has 0 spiro atoms. The summed E-state index contributed by atoms with van der Waals surface area (Å²) in [6.45, 7) is 1.60. The second-order valence-electron chi connectivity index (χ2n) is 2.79. The largest absolute Gasteiger partial charge is 0.484 e. The minimum absolute atomic E-state index is 0.533. The third-order valence-electron chi connectivity index (χ3n) is 1.89. The molecule has 1 atom stereocenters. The first-order valence-corrected chi connectivity index (χ1v) is 3.44. The first-order chi connectivity index (χ1) is 5.08. The van der Waals surface area contributed by atoms with Gasteiger partial charge in [-0.25, -0.2) is 9.79 Å². The normalized spacial score (nSPS) is 29.8. The van der Waals surface area contributed by atoms with E-state index < -0.39 is 11.5 Å². The van der Waals surface area contributed by atoms with E-state index in [4.69, 9.17) is 9.84 Å². The van der Waals surface area contributed by atoms with Gasteiger partial charge in [-0.1, -0.05) is 0 Å². The molecular formula is C7H11NO3. The molecule has 1 aliphatic rings. The third-order valence-corrected chi connectivity index (χ3v) is 1.89. The van der Waals surface area contributed by atoms with E-state index in [2.05, 4.69) is 4.99 Å². The summed E-state index contributed by atoms with van der Waals surface area (Å²) in [6, 6.07) is 0. The van der Waals surface area contributed by atoms with Gasteiger partial charge < -0.3 is 9.84 Å². The van der Waals surface area contributed by atoms with Crippen molar-refractivity contribution in [1.29, 1.82) is 0 Å². The van der Waals surface area contributed by atoms with Crippen molar-refractivity contribution >= 4 is 11.9 Å². The minimum Gasteiger partial charge on any atom is -0.484 e. The molecule has 1 heterocycles. The lowest BCUT2D eigenvalue weighted by molar-refractivity contribution is -0.142. The second-order valence-corrected chi connectivity index (χ2v) is 2.79. The van der Waals surface area contributed by atoms with Gasteiger partial charge in [0.1, 0.15) is 0 Å². The van der Waals surface area contributed by atoms with Crippen LogP contribution in [0.2, 0.25) is 0 Å². The average Bonchev–Trinajstić information content (AvgIpc) is 2.33. The van der Waals surface area contributed by atoms with Gasteiger partial charge in [0.25, 0.3) is 0 Å². The number of hydrogen-bond donors (Lipinski definition) is 1. The van der Waals surface area contributed by atoms with Crippen LogP contribution in [0.15, 0.2) is 4.99 Å². The molecule has 0 unspecified atom stereocenters. The fraction of sp³-hybridized carbons (Fsp3) is 0.714. The quantitative estimate of drug-likeness (QED) is 0.608. The van der Waals surface area contributed by atoms with Crippen molar-refractivity contribution in [2.45, 2.75) is 25.3 Å². The monoisotopic (exact) mass is 157 g/mol. The highest BCUT2D eigenvalue weighted by molar-refractivity contribution is 5.88. The summed E-state index contributed by atoms with van der Waals surface area (Å²) in [7, 11) is 1.51. The number of nitrogens with zero attached hydrogens (tertiary/aromatic N) is 1. The number of carboxylic acid groups (broad SMARTS) is 1. The lowest BCUT2D eigenvalue weighted by Crippen LogP contribution is -2.30. The maximum absolute atomic E-state index is 10.6. The summed E-state index contributed by atoms with van der Waals surface area (Å²) in [5, 5.41) is 8.72. The lowest BCUT2D eigenvalue weighted by Gasteiger charge is -2.11. The predicted molar refractivity (Wildman–Crippen MR) is 39.7 cm³/mol. The molecule has 1 rings (SSSR count). The Bertz CT molecular complexity index is 212. The summed E-state index contributed by atoms with van der Waals surface area (Å²) in [4.78, 5) is 14.6. The number of methoxy groups -OCH3 is 1. The number of ether oxygens (including phenoxy) is 1.